The van der Waals surface area contributed by atoms with Crippen LogP contribution in [0.3, 0.4) is 0 Å². The Kier molecular flexibility index (Phi) is 5.86. The van der Waals surface area contributed by atoms with Gasteiger partial charge >= 0.3 is 6.03 Å². The van der Waals surface area contributed by atoms with E-state index in [0.717, 1.165) is 29.5 Å². The molecule has 0 aliphatic carbocycles. The molecule has 10 nitrogen and oxygen atoms in total. The average molecular weight is 412 g/mol. The summed E-state index contributed by atoms with van der Waals surface area (Å²) < 4.78 is 6.28. The van der Waals surface area contributed by atoms with Gasteiger partial charge < -0.3 is 20.9 Å². The van der Waals surface area contributed by atoms with Crippen molar-refractivity contribution in [2.75, 3.05) is 11.9 Å². The molecule has 1 aromatic heterocycles. The van der Waals surface area contributed by atoms with Crippen molar-refractivity contribution in [2.45, 2.75) is 19.8 Å². The van der Waals surface area contributed by atoms with Crippen molar-refractivity contribution in [3.8, 4) is 11.6 Å². The average Bonchev–Trinajstić information content (AvgIpc) is 3.00. The quantitative estimate of drug-likeness (QED) is 0.306. The summed E-state index contributed by atoms with van der Waals surface area (Å²) in [5.41, 5.74) is 5.19. The molecular formula is C20H20N4O6. The number of rotatable bonds is 7. The fraction of sp³-hybridized carbons (Fsp3) is 0.200. The molecular weight excluding hydrogens is 392 g/mol. The Morgan fingerprint density at radius 1 is 1.23 bits per heavy atom. The van der Waals surface area contributed by atoms with Crippen molar-refractivity contribution < 1.29 is 24.4 Å². The van der Waals surface area contributed by atoms with Crippen LogP contribution < -0.4 is 15.8 Å². The molecule has 0 aliphatic heterocycles. The van der Waals surface area contributed by atoms with E-state index in [2.05, 4.69) is 12.2 Å². The van der Waals surface area contributed by atoms with Crippen molar-refractivity contribution in [3.63, 3.8) is 0 Å². The van der Waals surface area contributed by atoms with E-state index >= 15 is 0 Å². The van der Waals surface area contributed by atoms with Gasteiger partial charge in [-0.2, -0.15) is 0 Å². The molecule has 0 atom stereocenters. The number of non-ortho nitro benzene ring substituents is 1. The summed E-state index contributed by atoms with van der Waals surface area (Å²) in [6, 6.07) is 9.08. The second-order valence-electron chi connectivity index (χ2n) is 6.51. The molecule has 0 bridgehead atoms. The lowest BCUT2D eigenvalue weighted by Crippen LogP contribution is -2.19. The number of fused-ring (bicyclic) bond motifs is 1. The topological polar surface area (TPSA) is 150 Å². The maximum absolute atomic E-state index is 12.8. The zero-order valence-electron chi connectivity index (χ0n) is 16.1. The van der Waals surface area contributed by atoms with Gasteiger partial charge in [0.15, 0.2) is 0 Å². The number of nitro benzene ring substituents is 1. The molecule has 2 aromatic carbocycles. The number of anilines is 1. The number of benzene rings is 2. The molecule has 0 saturated carbocycles. The minimum Gasteiger partial charge on any atom is -0.494 e. The Hall–Kier alpha value is -4.08. The third-order valence-corrected chi connectivity index (χ3v) is 4.46. The molecule has 0 fully saturated rings. The van der Waals surface area contributed by atoms with Crippen molar-refractivity contribution in [1.29, 1.82) is 0 Å². The van der Waals surface area contributed by atoms with E-state index in [4.69, 9.17) is 10.5 Å². The number of carbonyl (C=O) groups excluding carboxylic acids is 2. The normalized spacial score (nSPS) is 10.7. The van der Waals surface area contributed by atoms with E-state index in [1.165, 1.54) is 6.07 Å². The lowest BCUT2D eigenvalue weighted by atomic mass is 10.1. The molecule has 10 heteroatoms. The van der Waals surface area contributed by atoms with Gasteiger partial charge in [0.1, 0.15) is 11.3 Å². The summed E-state index contributed by atoms with van der Waals surface area (Å²) in [5, 5.41) is 24.2. The number of amides is 2. The highest BCUT2D eigenvalue weighted by Crippen LogP contribution is 2.34. The third-order valence-electron chi connectivity index (χ3n) is 4.46. The van der Waals surface area contributed by atoms with Crippen LogP contribution in [0.5, 0.6) is 11.6 Å². The van der Waals surface area contributed by atoms with Crippen LogP contribution in [-0.2, 0) is 0 Å². The molecule has 3 rings (SSSR count). The SMILES string of the molecule is CCCCOc1ccc(NC(=O)c2c(O)n(C(N)=O)c3ccc([N+](=O)[O-])cc23)cc1. The number of aromatic hydroxyl groups is 1. The summed E-state index contributed by atoms with van der Waals surface area (Å²) in [6.07, 6.45) is 1.93. The Balaban J connectivity index is 1.94. The van der Waals surface area contributed by atoms with Crippen molar-refractivity contribution >= 4 is 34.2 Å². The van der Waals surface area contributed by atoms with E-state index in [1.807, 2.05) is 0 Å². The van der Waals surface area contributed by atoms with E-state index in [1.54, 1.807) is 24.3 Å². The largest absolute Gasteiger partial charge is 0.494 e. The monoisotopic (exact) mass is 412 g/mol. The molecule has 0 aliphatic rings. The van der Waals surface area contributed by atoms with E-state index in [0.29, 0.717) is 18.0 Å². The number of unbranched alkanes of at least 4 members (excludes halogenated alkanes) is 1. The van der Waals surface area contributed by atoms with Crippen LogP contribution in [0.4, 0.5) is 16.2 Å². The number of hydrogen-bond donors (Lipinski definition) is 3. The maximum atomic E-state index is 12.8. The minimum absolute atomic E-state index is 0.0255. The molecule has 0 saturated heterocycles. The third kappa shape index (κ3) is 4.02. The van der Waals surface area contributed by atoms with E-state index in [-0.39, 0.29) is 22.2 Å². The lowest BCUT2D eigenvalue weighted by Gasteiger charge is -2.08. The Morgan fingerprint density at radius 3 is 2.53 bits per heavy atom. The van der Waals surface area contributed by atoms with Gasteiger partial charge in [-0.25, -0.2) is 9.36 Å². The fourth-order valence-corrected chi connectivity index (χ4v) is 2.99. The van der Waals surface area contributed by atoms with Crippen molar-refractivity contribution in [1.82, 2.24) is 4.57 Å². The van der Waals surface area contributed by atoms with Gasteiger partial charge in [-0.1, -0.05) is 13.3 Å². The molecule has 30 heavy (non-hydrogen) atoms. The molecule has 0 spiro atoms. The number of primary amides is 1. The molecule has 2 amide bonds. The summed E-state index contributed by atoms with van der Waals surface area (Å²) >= 11 is 0. The number of ether oxygens (including phenoxy) is 1. The van der Waals surface area contributed by atoms with Crippen LogP contribution >= 0.6 is 0 Å². The number of nitrogens with zero attached hydrogens (tertiary/aromatic N) is 2. The van der Waals surface area contributed by atoms with Gasteiger partial charge in [0.2, 0.25) is 5.88 Å². The molecule has 3 aromatic rings. The zero-order valence-corrected chi connectivity index (χ0v) is 16.1. The first-order valence-corrected chi connectivity index (χ1v) is 9.19. The predicted octanol–water partition coefficient (Wildman–Crippen LogP) is 3.61. The zero-order chi connectivity index (χ0) is 21.8. The van der Waals surface area contributed by atoms with Crippen molar-refractivity contribution in [3.05, 3.63) is 58.1 Å². The van der Waals surface area contributed by atoms with Crippen LogP contribution in [0.1, 0.15) is 30.1 Å². The van der Waals surface area contributed by atoms with Crippen LogP contribution in [0, 0.1) is 10.1 Å². The van der Waals surface area contributed by atoms with Crippen LogP contribution in [0.2, 0.25) is 0 Å². The highest BCUT2D eigenvalue weighted by Gasteiger charge is 2.26. The number of carbonyl (C=O) groups is 2. The molecule has 0 unspecified atom stereocenters. The predicted molar refractivity (Wildman–Crippen MR) is 110 cm³/mol. The Bertz CT molecular complexity index is 1120. The Labute approximate surface area is 171 Å². The highest BCUT2D eigenvalue weighted by atomic mass is 16.6. The first-order chi connectivity index (χ1) is 14.3. The first-order valence-electron chi connectivity index (χ1n) is 9.19. The molecule has 4 N–H and O–H groups in total. The van der Waals surface area contributed by atoms with Crippen molar-refractivity contribution in [2.24, 2.45) is 5.73 Å². The first kappa shape index (κ1) is 20.6. The lowest BCUT2D eigenvalue weighted by molar-refractivity contribution is -0.384. The maximum Gasteiger partial charge on any atom is 0.326 e. The standard InChI is InChI=1S/C20H20N4O6/c1-2-3-10-30-14-7-4-12(5-8-14)22-18(25)17-15-11-13(24(28)29)6-9-16(15)23(19(17)26)20(21)27/h4-9,11,26H,2-3,10H2,1H3,(H2,21,27)(H,22,25). The van der Waals surface area contributed by atoms with Gasteiger partial charge in [-0.05, 0) is 36.8 Å². The molecule has 0 radical (unpaired) electrons. The summed E-state index contributed by atoms with van der Waals surface area (Å²) in [5.74, 6) is -0.807. The van der Waals surface area contributed by atoms with E-state index in [9.17, 15) is 24.8 Å². The number of aromatic nitrogens is 1. The van der Waals surface area contributed by atoms with Gasteiger partial charge in [0, 0.05) is 23.2 Å². The number of nitrogens with one attached hydrogen (secondary N) is 1. The van der Waals surface area contributed by atoms with Crippen LogP contribution in [0.15, 0.2) is 42.5 Å². The Morgan fingerprint density at radius 2 is 1.93 bits per heavy atom. The van der Waals surface area contributed by atoms with Gasteiger partial charge in [0.05, 0.1) is 17.0 Å². The fourth-order valence-electron chi connectivity index (χ4n) is 2.99. The highest BCUT2D eigenvalue weighted by molar-refractivity contribution is 6.17. The molecule has 156 valence electrons. The second-order valence-corrected chi connectivity index (χ2v) is 6.51. The minimum atomic E-state index is -1.03. The summed E-state index contributed by atoms with van der Waals surface area (Å²) in [4.78, 5) is 35.0. The smallest absolute Gasteiger partial charge is 0.326 e. The second kappa shape index (κ2) is 8.52. The van der Waals surface area contributed by atoms with Gasteiger partial charge in [0.25, 0.3) is 11.6 Å². The number of nitro groups is 1. The van der Waals surface area contributed by atoms with Gasteiger partial charge in [-0.3, -0.25) is 14.9 Å². The number of nitrogens with two attached hydrogens (primary N) is 1. The molecule has 1 heterocycles. The number of hydrogen-bond acceptors (Lipinski definition) is 6. The van der Waals surface area contributed by atoms with Gasteiger partial charge in [-0.15, -0.1) is 0 Å². The van der Waals surface area contributed by atoms with Crippen LogP contribution in [0.25, 0.3) is 10.9 Å². The van der Waals surface area contributed by atoms with Crippen LogP contribution in [-0.4, -0.2) is 33.1 Å². The van der Waals surface area contributed by atoms with E-state index < -0.39 is 22.7 Å². The summed E-state index contributed by atoms with van der Waals surface area (Å²) in [6.45, 7) is 2.64. The summed E-state index contributed by atoms with van der Waals surface area (Å²) in [7, 11) is 0.